The largest absolute Gasteiger partial charge is 0.369 e. The number of aromatic nitrogens is 1. The molecule has 0 aliphatic carbocycles. The van der Waals surface area contributed by atoms with Gasteiger partial charge >= 0.3 is 0 Å². The van der Waals surface area contributed by atoms with Crippen LogP contribution in [0.3, 0.4) is 0 Å². The maximum absolute atomic E-state index is 15.0. The van der Waals surface area contributed by atoms with Crippen molar-refractivity contribution in [1.82, 2.24) is 4.57 Å². The fourth-order valence-corrected chi connectivity index (χ4v) is 5.45. The van der Waals surface area contributed by atoms with Crippen molar-refractivity contribution in [3.63, 3.8) is 0 Å². The van der Waals surface area contributed by atoms with Gasteiger partial charge in [0.2, 0.25) is 15.3 Å². The van der Waals surface area contributed by atoms with Crippen LogP contribution in [0.15, 0.2) is 63.2 Å². The molecule has 0 unspecified atom stereocenters. The molecule has 1 aliphatic heterocycles. The number of sulfone groups is 1. The standard InChI is InChI=1S/C22H23FN2O3S/c1-15-7-6-10-25(13-15)20-12-19-17(11-18(20)23)22(26)21(14-24(19)2)29(27,28)16-8-4-3-5-9-16/h3-5,8-9,11-12,14-15H,6-7,10,13H2,1-2H3/t15-/m1/s1. The third-order valence-corrected chi connectivity index (χ3v) is 7.33. The lowest BCUT2D eigenvalue weighted by Gasteiger charge is -2.33. The number of aryl methyl sites for hydroxylation is 1. The van der Waals surface area contributed by atoms with Crippen molar-refractivity contribution in [2.75, 3.05) is 18.0 Å². The van der Waals surface area contributed by atoms with Gasteiger partial charge in [0.25, 0.3) is 0 Å². The maximum Gasteiger partial charge on any atom is 0.211 e. The van der Waals surface area contributed by atoms with Gasteiger partial charge in [-0.25, -0.2) is 12.8 Å². The summed E-state index contributed by atoms with van der Waals surface area (Å²) in [4.78, 5) is 14.7. The SMILES string of the molecule is C[C@@H]1CCCN(c2cc3c(cc2F)c(=O)c(S(=O)(=O)c2ccccc2)cn3C)C1. The van der Waals surface area contributed by atoms with E-state index >= 15 is 0 Å². The Morgan fingerprint density at radius 2 is 1.86 bits per heavy atom. The lowest BCUT2D eigenvalue weighted by Crippen LogP contribution is -2.35. The van der Waals surface area contributed by atoms with Crippen molar-refractivity contribution in [3.05, 3.63) is 64.7 Å². The Balaban J connectivity index is 1.89. The molecular formula is C22H23FN2O3S. The van der Waals surface area contributed by atoms with Crippen LogP contribution in [-0.4, -0.2) is 26.1 Å². The second kappa shape index (κ2) is 7.30. The van der Waals surface area contributed by atoms with E-state index in [0.717, 1.165) is 25.9 Å². The predicted octanol–water partition coefficient (Wildman–Crippen LogP) is 3.75. The van der Waals surface area contributed by atoms with E-state index in [2.05, 4.69) is 6.92 Å². The molecule has 1 atom stereocenters. The summed E-state index contributed by atoms with van der Waals surface area (Å²) in [6.07, 6.45) is 3.43. The van der Waals surface area contributed by atoms with Gasteiger partial charge < -0.3 is 9.47 Å². The molecule has 2 aromatic carbocycles. The van der Waals surface area contributed by atoms with Gasteiger partial charge in [0.15, 0.2) is 0 Å². The van der Waals surface area contributed by atoms with Crippen LogP contribution >= 0.6 is 0 Å². The minimum atomic E-state index is -4.00. The lowest BCUT2D eigenvalue weighted by atomic mass is 9.99. The summed E-state index contributed by atoms with van der Waals surface area (Å²) in [5.74, 6) is -0.0287. The van der Waals surface area contributed by atoms with E-state index < -0.39 is 21.1 Å². The summed E-state index contributed by atoms with van der Waals surface area (Å²) in [7, 11) is -2.33. The van der Waals surface area contributed by atoms with Crippen LogP contribution in [0.2, 0.25) is 0 Å². The van der Waals surface area contributed by atoms with Gasteiger partial charge in [-0.1, -0.05) is 25.1 Å². The summed E-state index contributed by atoms with van der Waals surface area (Å²) in [5.41, 5.74) is 0.286. The molecule has 29 heavy (non-hydrogen) atoms. The van der Waals surface area contributed by atoms with Gasteiger partial charge in [0.05, 0.1) is 21.5 Å². The first-order chi connectivity index (χ1) is 13.8. The molecule has 0 saturated carbocycles. The van der Waals surface area contributed by atoms with E-state index in [-0.39, 0.29) is 15.2 Å². The smallest absolute Gasteiger partial charge is 0.211 e. The summed E-state index contributed by atoms with van der Waals surface area (Å²) in [6, 6.07) is 10.6. The molecule has 5 nitrogen and oxygen atoms in total. The highest BCUT2D eigenvalue weighted by atomic mass is 32.2. The van der Waals surface area contributed by atoms with Gasteiger partial charge in [-0.05, 0) is 43.0 Å². The third kappa shape index (κ3) is 3.44. The molecule has 1 fully saturated rings. The molecule has 0 amide bonds. The zero-order valence-corrected chi connectivity index (χ0v) is 17.2. The monoisotopic (exact) mass is 414 g/mol. The summed E-state index contributed by atoms with van der Waals surface area (Å²) in [5, 5.41) is 0.0656. The molecule has 3 aromatic rings. The highest BCUT2D eigenvalue weighted by molar-refractivity contribution is 7.91. The van der Waals surface area contributed by atoms with Crippen LogP contribution in [0.25, 0.3) is 10.9 Å². The first-order valence-electron chi connectivity index (χ1n) is 9.67. The van der Waals surface area contributed by atoms with Gasteiger partial charge in [-0.3, -0.25) is 4.79 Å². The molecule has 1 saturated heterocycles. The van der Waals surface area contributed by atoms with Gasteiger partial charge in [0.1, 0.15) is 10.7 Å². The number of piperidine rings is 1. The average Bonchev–Trinajstić information content (AvgIpc) is 2.71. The maximum atomic E-state index is 15.0. The summed E-state index contributed by atoms with van der Waals surface area (Å²) >= 11 is 0. The van der Waals surface area contributed by atoms with Crippen molar-refractivity contribution in [2.24, 2.45) is 13.0 Å². The van der Waals surface area contributed by atoms with E-state index in [1.165, 1.54) is 24.4 Å². The Morgan fingerprint density at radius 3 is 2.55 bits per heavy atom. The number of hydrogen-bond donors (Lipinski definition) is 0. The highest BCUT2D eigenvalue weighted by Crippen LogP contribution is 2.29. The molecule has 0 radical (unpaired) electrons. The van der Waals surface area contributed by atoms with E-state index in [0.29, 0.717) is 17.1 Å². The molecule has 1 aliphatic rings. The number of nitrogens with zero attached hydrogens (tertiary/aromatic N) is 2. The van der Waals surface area contributed by atoms with Crippen LogP contribution in [-0.2, 0) is 16.9 Å². The van der Waals surface area contributed by atoms with Crippen LogP contribution in [0.5, 0.6) is 0 Å². The lowest BCUT2D eigenvalue weighted by molar-refractivity contribution is 0.442. The van der Waals surface area contributed by atoms with Gasteiger partial charge in [-0.15, -0.1) is 0 Å². The minimum absolute atomic E-state index is 0.0378. The highest BCUT2D eigenvalue weighted by Gasteiger charge is 2.25. The second-order valence-electron chi connectivity index (χ2n) is 7.76. The molecular weight excluding hydrogens is 391 g/mol. The van der Waals surface area contributed by atoms with Crippen molar-refractivity contribution in [2.45, 2.75) is 29.6 Å². The molecule has 0 N–H and O–H groups in total. The number of hydrogen-bond acceptors (Lipinski definition) is 4. The van der Waals surface area contributed by atoms with E-state index in [1.54, 1.807) is 35.9 Å². The van der Waals surface area contributed by atoms with Crippen molar-refractivity contribution >= 4 is 26.4 Å². The topological polar surface area (TPSA) is 59.4 Å². The van der Waals surface area contributed by atoms with Crippen LogP contribution in [0.4, 0.5) is 10.1 Å². The Bertz CT molecular complexity index is 1240. The van der Waals surface area contributed by atoms with E-state index in [1.807, 2.05) is 4.90 Å². The zero-order valence-electron chi connectivity index (χ0n) is 16.4. The normalized spacial score (nSPS) is 17.6. The number of fused-ring (bicyclic) bond motifs is 1. The number of halogens is 1. The number of benzene rings is 2. The first kappa shape index (κ1) is 19.6. The Morgan fingerprint density at radius 1 is 1.14 bits per heavy atom. The Kier molecular flexibility index (Phi) is 4.94. The summed E-state index contributed by atoms with van der Waals surface area (Å²) in [6.45, 7) is 3.67. The predicted molar refractivity (Wildman–Crippen MR) is 112 cm³/mol. The average molecular weight is 415 g/mol. The fraction of sp³-hybridized carbons (Fsp3) is 0.318. The molecule has 1 aromatic heterocycles. The van der Waals surface area contributed by atoms with Crippen molar-refractivity contribution in [3.8, 4) is 0 Å². The number of anilines is 1. The zero-order chi connectivity index (χ0) is 20.8. The fourth-order valence-electron chi connectivity index (χ4n) is 4.03. The number of pyridine rings is 1. The molecule has 0 bridgehead atoms. The van der Waals surface area contributed by atoms with Gasteiger partial charge in [-0.2, -0.15) is 0 Å². The third-order valence-electron chi connectivity index (χ3n) is 5.57. The van der Waals surface area contributed by atoms with Crippen molar-refractivity contribution < 1.29 is 12.8 Å². The second-order valence-corrected chi connectivity index (χ2v) is 9.68. The first-order valence-corrected chi connectivity index (χ1v) is 11.2. The summed E-state index contributed by atoms with van der Waals surface area (Å²) < 4.78 is 42.5. The minimum Gasteiger partial charge on any atom is -0.369 e. The Hall–Kier alpha value is -2.67. The molecule has 4 rings (SSSR count). The number of rotatable bonds is 3. The van der Waals surface area contributed by atoms with Crippen LogP contribution in [0.1, 0.15) is 19.8 Å². The van der Waals surface area contributed by atoms with E-state index in [9.17, 15) is 17.6 Å². The molecule has 152 valence electrons. The quantitative estimate of drug-likeness (QED) is 0.655. The molecule has 7 heteroatoms. The molecule has 0 spiro atoms. The van der Waals surface area contributed by atoms with Crippen LogP contribution < -0.4 is 10.3 Å². The molecule has 2 heterocycles. The van der Waals surface area contributed by atoms with Crippen LogP contribution in [0, 0.1) is 11.7 Å². The Labute approximate surface area is 169 Å². The van der Waals surface area contributed by atoms with E-state index in [4.69, 9.17) is 0 Å². The van der Waals surface area contributed by atoms with Gasteiger partial charge in [0, 0.05) is 26.3 Å². The van der Waals surface area contributed by atoms with Crippen molar-refractivity contribution in [1.29, 1.82) is 0 Å².